The van der Waals surface area contributed by atoms with Gasteiger partial charge in [-0.05, 0) is 26.1 Å². The van der Waals surface area contributed by atoms with Gasteiger partial charge in [0.05, 0.1) is 4.92 Å². The van der Waals surface area contributed by atoms with Gasteiger partial charge >= 0.3 is 0 Å². The molecule has 0 aromatic heterocycles. The SMILES string of the molecule is CCNC(=O)c1ccc([N+](=O)[O-])c(N(C)CCNC)c1. The van der Waals surface area contributed by atoms with Gasteiger partial charge in [0.1, 0.15) is 5.69 Å². The topological polar surface area (TPSA) is 87.5 Å². The molecule has 7 nitrogen and oxygen atoms in total. The fraction of sp³-hybridized carbons (Fsp3) is 0.462. The van der Waals surface area contributed by atoms with E-state index in [4.69, 9.17) is 0 Å². The van der Waals surface area contributed by atoms with Gasteiger partial charge in [0.15, 0.2) is 0 Å². The molecular formula is C13H20N4O3. The van der Waals surface area contributed by atoms with Crippen LogP contribution in [-0.2, 0) is 0 Å². The molecule has 7 heteroatoms. The van der Waals surface area contributed by atoms with Crippen LogP contribution in [0, 0.1) is 10.1 Å². The summed E-state index contributed by atoms with van der Waals surface area (Å²) in [7, 11) is 3.58. The Morgan fingerprint density at radius 1 is 1.45 bits per heavy atom. The van der Waals surface area contributed by atoms with Crippen molar-refractivity contribution >= 4 is 17.3 Å². The zero-order chi connectivity index (χ0) is 15.1. The first-order valence-corrected chi connectivity index (χ1v) is 6.43. The third-order valence-corrected chi connectivity index (χ3v) is 2.88. The second-order valence-corrected chi connectivity index (χ2v) is 4.35. The van der Waals surface area contributed by atoms with Crippen molar-refractivity contribution in [2.45, 2.75) is 6.92 Å². The molecule has 2 N–H and O–H groups in total. The van der Waals surface area contributed by atoms with Gasteiger partial charge in [0.25, 0.3) is 11.6 Å². The summed E-state index contributed by atoms with van der Waals surface area (Å²) in [5, 5.41) is 16.7. The van der Waals surface area contributed by atoms with Crippen molar-refractivity contribution in [2.24, 2.45) is 0 Å². The van der Waals surface area contributed by atoms with Crippen LogP contribution >= 0.6 is 0 Å². The van der Waals surface area contributed by atoms with Crippen molar-refractivity contribution in [1.29, 1.82) is 0 Å². The van der Waals surface area contributed by atoms with E-state index in [2.05, 4.69) is 10.6 Å². The maximum absolute atomic E-state index is 11.8. The van der Waals surface area contributed by atoms with E-state index in [1.807, 2.05) is 14.0 Å². The lowest BCUT2D eigenvalue weighted by Gasteiger charge is -2.19. The molecule has 110 valence electrons. The van der Waals surface area contributed by atoms with Gasteiger partial charge in [-0.1, -0.05) is 0 Å². The standard InChI is InChI=1S/C13H20N4O3/c1-4-15-13(18)10-5-6-11(17(19)20)12(9-10)16(3)8-7-14-2/h5-6,9,14H,4,7-8H2,1-3H3,(H,15,18). The summed E-state index contributed by atoms with van der Waals surface area (Å²) in [6.07, 6.45) is 0. The highest BCUT2D eigenvalue weighted by molar-refractivity contribution is 5.95. The van der Waals surface area contributed by atoms with E-state index in [0.717, 1.165) is 0 Å². The van der Waals surface area contributed by atoms with Crippen LogP contribution in [0.2, 0.25) is 0 Å². The molecule has 1 aromatic rings. The lowest BCUT2D eigenvalue weighted by atomic mass is 10.1. The van der Waals surface area contributed by atoms with Gasteiger partial charge in [-0.25, -0.2) is 0 Å². The number of hydrogen-bond acceptors (Lipinski definition) is 5. The molecule has 0 spiro atoms. The molecule has 0 fully saturated rings. The summed E-state index contributed by atoms with van der Waals surface area (Å²) < 4.78 is 0. The van der Waals surface area contributed by atoms with Crippen molar-refractivity contribution in [1.82, 2.24) is 10.6 Å². The number of nitro benzene ring substituents is 1. The second kappa shape index (κ2) is 7.44. The molecule has 0 atom stereocenters. The normalized spacial score (nSPS) is 10.2. The monoisotopic (exact) mass is 280 g/mol. The van der Waals surface area contributed by atoms with Crippen molar-refractivity contribution in [2.75, 3.05) is 38.6 Å². The fourth-order valence-electron chi connectivity index (χ4n) is 1.79. The Bertz CT molecular complexity index is 491. The van der Waals surface area contributed by atoms with Crippen molar-refractivity contribution in [3.8, 4) is 0 Å². The van der Waals surface area contributed by atoms with Crippen LogP contribution in [0.3, 0.4) is 0 Å². The molecule has 0 aliphatic carbocycles. The molecule has 0 aliphatic heterocycles. The number of amides is 1. The lowest BCUT2D eigenvalue weighted by Crippen LogP contribution is -2.28. The molecule has 0 radical (unpaired) electrons. The molecule has 0 aliphatic rings. The number of likely N-dealkylation sites (N-methyl/N-ethyl adjacent to an activating group) is 2. The first kappa shape index (κ1) is 15.9. The van der Waals surface area contributed by atoms with Crippen LogP contribution in [0.15, 0.2) is 18.2 Å². The Morgan fingerprint density at radius 2 is 2.15 bits per heavy atom. The highest BCUT2D eigenvalue weighted by Gasteiger charge is 2.19. The number of hydrogen-bond donors (Lipinski definition) is 2. The molecule has 0 saturated carbocycles. The highest BCUT2D eigenvalue weighted by Crippen LogP contribution is 2.28. The van der Waals surface area contributed by atoms with Crippen LogP contribution in [0.5, 0.6) is 0 Å². The summed E-state index contributed by atoms with van der Waals surface area (Å²) >= 11 is 0. The first-order chi connectivity index (χ1) is 9.51. The maximum atomic E-state index is 11.8. The smallest absolute Gasteiger partial charge is 0.292 e. The van der Waals surface area contributed by atoms with Crippen molar-refractivity contribution < 1.29 is 9.72 Å². The molecule has 1 amide bonds. The van der Waals surface area contributed by atoms with E-state index in [-0.39, 0.29) is 11.6 Å². The van der Waals surface area contributed by atoms with E-state index >= 15 is 0 Å². The summed E-state index contributed by atoms with van der Waals surface area (Å²) in [5.41, 5.74) is 0.856. The third kappa shape index (κ3) is 3.92. The lowest BCUT2D eigenvalue weighted by molar-refractivity contribution is -0.384. The van der Waals surface area contributed by atoms with Gasteiger partial charge in [-0.15, -0.1) is 0 Å². The van der Waals surface area contributed by atoms with E-state index in [1.54, 1.807) is 18.0 Å². The average molecular weight is 280 g/mol. The minimum atomic E-state index is -0.438. The third-order valence-electron chi connectivity index (χ3n) is 2.88. The van der Waals surface area contributed by atoms with Gasteiger partial charge in [-0.3, -0.25) is 14.9 Å². The Hall–Kier alpha value is -2.15. The number of carbonyl (C=O) groups excluding carboxylic acids is 1. The number of rotatable bonds is 7. The second-order valence-electron chi connectivity index (χ2n) is 4.35. The highest BCUT2D eigenvalue weighted by atomic mass is 16.6. The maximum Gasteiger partial charge on any atom is 0.292 e. The number of carbonyl (C=O) groups is 1. The molecule has 20 heavy (non-hydrogen) atoms. The van der Waals surface area contributed by atoms with Crippen molar-refractivity contribution in [3.63, 3.8) is 0 Å². The summed E-state index contributed by atoms with van der Waals surface area (Å²) in [5.74, 6) is -0.231. The quantitative estimate of drug-likeness (QED) is 0.574. The number of nitrogens with zero attached hydrogens (tertiary/aromatic N) is 2. The Labute approximate surface area is 118 Å². The van der Waals surface area contributed by atoms with Gasteiger partial charge in [0, 0.05) is 38.3 Å². The predicted octanol–water partition coefficient (Wildman–Crippen LogP) is 1.00. The Kier molecular flexibility index (Phi) is 5.92. The van der Waals surface area contributed by atoms with Crippen LogP contribution in [0.4, 0.5) is 11.4 Å². The van der Waals surface area contributed by atoms with Gasteiger partial charge in [0.2, 0.25) is 0 Å². The van der Waals surface area contributed by atoms with Crippen LogP contribution < -0.4 is 15.5 Å². The van der Waals surface area contributed by atoms with E-state index in [1.165, 1.54) is 12.1 Å². The first-order valence-electron chi connectivity index (χ1n) is 6.43. The molecule has 0 heterocycles. The summed E-state index contributed by atoms with van der Waals surface area (Å²) in [6, 6.07) is 4.40. The minimum absolute atomic E-state index is 0.00310. The number of nitro groups is 1. The van der Waals surface area contributed by atoms with Gasteiger partial charge in [-0.2, -0.15) is 0 Å². The number of anilines is 1. The largest absolute Gasteiger partial charge is 0.368 e. The zero-order valence-corrected chi connectivity index (χ0v) is 12.0. The molecule has 0 bridgehead atoms. The summed E-state index contributed by atoms with van der Waals surface area (Å²) in [4.78, 5) is 24.2. The van der Waals surface area contributed by atoms with Crippen molar-refractivity contribution in [3.05, 3.63) is 33.9 Å². The van der Waals surface area contributed by atoms with E-state index < -0.39 is 4.92 Å². The van der Waals surface area contributed by atoms with Crippen LogP contribution in [-0.4, -0.2) is 44.6 Å². The fourth-order valence-corrected chi connectivity index (χ4v) is 1.79. The predicted molar refractivity (Wildman–Crippen MR) is 78.3 cm³/mol. The van der Waals surface area contributed by atoms with E-state index in [9.17, 15) is 14.9 Å². The average Bonchev–Trinajstić information content (AvgIpc) is 2.44. The molecule has 0 unspecified atom stereocenters. The number of nitrogens with one attached hydrogen (secondary N) is 2. The minimum Gasteiger partial charge on any atom is -0.368 e. The molecule has 1 rings (SSSR count). The Balaban J connectivity index is 3.11. The van der Waals surface area contributed by atoms with Gasteiger partial charge < -0.3 is 15.5 Å². The van der Waals surface area contributed by atoms with E-state index in [0.29, 0.717) is 30.9 Å². The zero-order valence-electron chi connectivity index (χ0n) is 12.0. The summed E-state index contributed by atoms with van der Waals surface area (Å²) in [6.45, 7) is 3.64. The molecule has 1 aromatic carbocycles. The molecular weight excluding hydrogens is 260 g/mol. The Morgan fingerprint density at radius 3 is 2.70 bits per heavy atom. The van der Waals surface area contributed by atoms with Crippen LogP contribution in [0.1, 0.15) is 17.3 Å². The van der Waals surface area contributed by atoms with Crippen LogP contribution in [0.25, 0.3) is 0 Å². The molecule has 0 saturated heterocycles. The number of benzene rings is 1.